The van der Waals surface area contributed by atoms with E-state index in [0.717, 1.165) is 47.3 Å². The number of aryl methyl sites for hydroxylation is 2. The second kappa shape index (κ2) is 5.93. The molecule has 0 radical (unpaired) electrons. The molecule has 0 aliphatic carbocycles. The summed E-state index contributed by atoms with van der Waals surface area (Å²) in [5.74, 6) is 0.752. The average Bonchev–Trinajstić information content (AvgIpc) is 2.84. The van der Waals surface area contributed by atoms with E-state index in [1.165, 1.54) is 6.42 Å². The van der Waals surface area contributed by atoms with Crippen LogP contribution in [0.4, 0.5) is 0 Å². The molecule has 1 aromatic rings. The van der Waals surface area contributed by atoms with E-state index in [9.17, 15) is 0 Å². The van der Waals surface area contributed by atoms with Crippen LogP contribution in [0.3, 0.4) is 0 Å². The van der Waals surface area contributed by atoms with Crippen LogP contribution in [0.5, 0.6) is 0 Å². The van der Waals surface area contributed by atoms with Gasteiger partial charge in [-0.1, -0.05) is 34.5 Å². The standard InChI is InChI=1S/C13H21BrClN3/c1-4-18-12(13(15)10(3)16-18)8-17-6-5-9(2)11(17)7-14/h9,11H,4-8H2,1-3H3. The minimum atomic E-state index is 0.613. The largest absolute Gasteiger partial charge is 0.293 e. The molecule has 0 N–H and O–H groups in total. The Morgan fingerprint density at radius 2 is 2.22 bits per heavy atom. The molecule has 102 valence electrons. The van der Waals surface area contributed by atoms with Crippen molar-refractivity contribution in [3.8, 4) is 0 Å². The molecule has 0 saturated carbocycles. The number of nitrogens with zero attached hydrogens (tertiary/aromatic N) is 3. The van der Waals surface area contributed by atoms with Crippen molar-refractivity contribution in [2.24, 2.45) is 5.92 Å². The minimum Gasteiger partial charge on any atom is -0.293 e. The van der Waals surface area contributed by atoms with E-state index in [1.54, 1.807) is 0 Å². The highest BCUT2D eigenvalue weighted by molar-refractivity contribution is 9.09. The number of hydrogen-bond donors (Lipinski definition) is 0. The smallest absolute Gasteiger partial charge is 0.0860 e. The van der Waals surface area contributed by atoms with Gasteiger partial charge >= 0.3 is 0 Å². The molecular formula is C13H21BrClN3. The van der Waals surface area contributed by atoms with E-state index in [2.05, 4.69) is 39.8 Å². The first-order valence-corrected chi connectivity index (χ1v) is 8.10. The number of alkyl halides is 1. The highest BCUT2D eigenvalue weighted by Crippen LogP contribution is 2.29. The topological polar surface area (TPSA) is 21.1 Å². The fourth-order valence-electron chi connectivity index (χ4n) is 2.75. The molecule has 0 aromatic carbocycles. The Hall–Kier alpha value is -0.0600. The predicted molar refractivity (Wildman–Crippen MR) is 79.4 cm³/mol. The molecule has 5 heteroatoms. The molecule has 2 rings (SSSR count). The van der Waals surface area contributed by atoms with E-state index < -0.39 is 0 Å². The van der Waals surface area contributed by atoms with Gasteiger partial charge in [0.1, 0.15) is 0 Å². The Balaban J connectivity index is 2.19. The summed E-state index contributed by atoms with van der Waals surface area (Å²) in [7, 11) is 0. The monoisotopic (exact) mass is 333 g/mol. The van der Waals surface area contributed by atoms with Gasteiger partial charge in [0.2, 0.25) is 0 Å². The first kappa shape index (κ1) is 14.4. The Labute approximate surface area is 123 Å². The van der Waals surface area contributed by atoms with Crippen molar-refractivity contribution in [1.29, 1.82) is 0 Å². The molecule has 0 amide bonds. The highest BCUT2D eigenvalue weighted by atomic mass is 79.9. The van der Waals surface area contributed by atoms with Crippen LogP contribution in [0.25, 0.3) is 0 Å². The molecule has 1 saturated heterocycles. The lowest BCUT2D eigenvalue weighted by molar-refractivity contribution is 0.237. The molecule has 1 aliphatic heterocycles. The Morgan fingerprint density at radius 1 is 1.50 bits per heavy atom. The molecule has 18 heavy (non-hydrogen) atoms. The predicted octanol–water partition coefficient (Wildman–Crippen LogP) is 3.47. The number of hydrogen-bond acceptors (Lipinski definition) is 2. The quantitative estimate of drug-likeness (QED) is 0.786. The van der Waals surface area contributed by atoms with Gasteiger partial charge in [-0.15, -0.1) is 0 Å². The lowest BCUT2D eigenvalue weighted by atomic mass is 10.1. The summed E-state index contributed by atoms with van der Waals surface area (Å²) in [5.41, 5.74) is 2.10. The van der Waals surface area contributed by atoms with Crippen molar-refractivity contribution in [3.05, 3.63) is 16.4 Å². The third-order valence-corrected chi connectivity index (χ3v) is 5.12. The molecule has 2 unspecified atom stereocenters. The lowest BCUT2D eigenvalue weighted by Crippen LogP contribution is -2.33. The molecular weight excluding hydrogens is 314 g/mol. The SMILES string of the molecule is CCn1nc(C)c(Cl)c1CN1CCC(C)C1CBr. The summed E-state index contributed by atoms with van der Waals surface area (Å²) in [6.45, 7) is 9.37. The second-order valence-corrected chi connectivity index (χ2v) is 6.15. The van der Waals surface area contributed by atoms with Crippen LogP contribution in [-0.2, 0) is 13.1 Å². The molecule has 2 atom stereocenters. The van der Waals surface area contributed by atoms with E-state index in [0.29, 0.717) is 6.04 Å². The molecule has 1 aromatic heterocycles. The highest BCUT2D eigenvalue weighted by Gasteiger charge is 2.31. The summed E-state index contributed by atoms with van der Waals surface area (Å²) in [5, 5.41) is 6.36. The first-order chi connectivity index (χ1) is 8.58. The van der Waals surface area contributed by atoms with E-state index in [-0.39, 0.29) is 0 Å². The zero-order chi connectivity index (χ0) is 13.3. The zero-order valence-electron chi connectivity index (χ0n) is 11.3. The van der Waals surface area contributed by atoms with Crippen LogP contribution >= 0.6 is 27.5 Å². The van der Waals surface area contributed by atoms with Crippen molar-refractivity contribution >= 4 is 27.5 Å². The number of halogens is 2. The van der Waals surface area contributed by atoms with E-state index >= 15 is 0 Å². The fraction of sp³-hybridized carbons (Fsp3) is 0.769. The van der Waals surface area contributed by atoms with Gasteiger partial charge in [0, 0.05) is 24.5 Å². The molecule has 2 heterocycles. The Bertz CT molecular complexity index is 419. The third kappa shape index (κ3) is 2.61. The van der Waals surface area contributed by atoms with Crippen molar-refractivity contribution in [2.75, 3.05) is 11.9 Å². The summed E-state index contributed by atoms with van der Waals surface area (Å²) < 4.78 is 2.03. The maximum absolute atomic E-state index is 6.38. The van der Waals surface area contributed by atoms with Gasteiger partial charge in [-0.3, -0.25) is 9.58 Å². The van der Waals surface area contributed by atoms with Gasteiger partial charge in [-0.2, -0.15) is 5.10 Å². The molecule has 1 fully saturated rings. The van der Waals surface area contributed by atoms with Gasteiger partial charge < -0.3 is 0 Å². The summed E-state index contributed by atoms with van der Waals surface area (Å²) in [6.07, 6.45) is 1.27. The van der Waals surface area contributed by atoms with Gasteiger partial charge in [0.05, 0.1) is 16.4 Å². The first-order valence-electron chi connectivity index (χ1n) is 6.60. The van der Waals surface area contributed by atoms with E-state index in [4.69, 9.17) is 11.6 Å². The normalized spacial score (nSPS) is 24.9. The van der Waals surface area contributed by atoms with Crippen molar-refractivity contribution in [1.82, 2.24) is 14.7 Å². The van der Waals surface area contributed by atoms with Crippen LogP contribution in [0.15, 0.2) is 0 Å². The Kier molecular flexibility index (Phi) is 4.73. The number of likely N-dealkylation sites (tertiary alicyclic amines) is 1. The van der Waals surface area contributed by atoms with Crippen molar-refractivity contribution in [2.45, 2.75) is 46.3 Å². The summed E-state index contributed by atoms with van der Waals surface area (Å²) in [4.78, 5) is 2.52. The van der Waals surface area contributed by atoms with Crippen LogP contribution < -0.4 is 0 Å². The molecule has 0 spiro atoms. The second-order valence-electron chi connectivity index (χ2n) is 5.12. The van der Waals surface area contributed by atoms with Gasteiger partial charge in [0.15, 0.2) is 0 Å². The van der Waals surface area contributed by atoms with E-state index in [1.807, 2.05) is 11.6 Å². The molecule has 0 bridgehead atoms. The van der Waals surface area contributed by atoms with Crippen LogP contribution in [0, 0.1) is 12.8 Å². The third-order valence-electron chi connectivity index (χ3n) is 3.96. The maximum atomic E-state index is 6.38. The average molecular weight is 335 g/mol. The zero-order valence-corrected chi connectivity index (χ0v) is 13.6. The van der Waals surface area contributed by atoms with Crippen LogP contribution in [-0.4, -0.2) is 32.6 Å². The number of aromatic nitrogens is 2. The van der Waals surface area contributed by atoms with Crippen LogP contribution in [0.1, 0.15) is 31.7 Å². The maximum Gasteiger partial charge on any atom is 0.0860 e. The van der Waals surface area contributed by atoms with Gasteiger partial charge in [-0.05, 0) is 32.7 Å². The lowest BCUT2D eigenvalue weighted by Gasteiger charge is -2.25. The van der Waals surface area contributed by atoms with Gasteiger partial charge in [0.25, 0.3) is 0 Å². The van der Waals surface area contributed by atoms with Gasteiger partial charge in [-0.25, -0.2) is 0 Å². The summed E-state index contributed by atoms with van der Waals surface area (Å²) >= 11 is 10.0. The molecule has 3 nitrogen and oxygen atoms in total. The molecule has 1 aliphatic rings. The number of rotatable bonds is 4. The minimum absolute atomic E-state index is 0.613. The van der Waals surface area contributed by atoms with Crippen molar-refractivity contribution in [3.63, 3.8) is 0 Å². The Morgan fingerprint density at radius 3 is 2.83 bits per heavy atom. The fourth-order valence-corrected chi connectivity index (χ4v) is 3.99. The van der Waals surface area contributed by atoms with Crippen LogP contribution in [0.2, 0.25) is 5.02 Å². The van der Waals surface area contributed by atoms with Crippen molar-refractivity contribution < 1.29 is 0 Å². The summed E-state index contributed by atoms with van der Waals surface area (Å²) in [6, 6.07) is 0.613.